The Kier molecular flexibility index (Phi) is 4.03. The van der Waals surface area contributed by atoms with Gasteiger partial charge in [0, 0.05) is 5.56 Å². The Morgan fingerprint density at radius 1 is 0.889 bits per heavy atom. The second-order valence-corrected chi connectivity index (χ2v) is 6.02. The van der Waals surface area contributed by atoms with Crippen LogP contribution < -0.4 is 0 Å². The van der Waals surface area contributed by atoms with Crippen molar-refractivity contribution >= 4 is 28.7 Å². The summed E-state index contributed by atoms with van der Waals surface area (Å²) in [6, 6.07) is 17.8. The molecule has 0 amide bonds. The normalized spacial score (nSPS) is 15.9. The molecule has 0 N–H and O–H groups in total. The van der Waals surface area contributed by atoms with Crippen molar-refractivity contribution in [3.05, 3.63) is 89.1 Å². The lowest BCUT2D eigenvalue weighted by atomic mass is 10.1. The zero-order valence-electron chi connectivity index (χ0n) is 13.8. The van der Waals surface area contributed by atoms with Gasteiger partial charge in [-0.05, 0) is 46.7 Å². The fourth-order valence-electron chi connectivity index (χ4n) is 2.78. The molecule has 0 atom stereocenters. The van der Waals surface area contributed by atoms with Crippen molar-refractivity contribution in [2.24, 2.45) is 4.99 Å². The third kappa shape index (κ3) is 3.46. The van der Waals surface area contributed by atoms with E-state index in [2.05, 4.69) is 4.99 Å². The van der Waals surface area contributed by atoms with Gasteiger partial charge in [0.1, 0.15) is 0 Å². The molecular weight excluding hydrogens is 355 g/mol. The number of halogens is 3. The first-order chi connectivity index (χ1) is 12.9. The molecule has 0 radical (unpaired) electrons. The molecule has 4 rings (SSSR count). The van der Waals surface area contributed by atoms with Crippen LogP contribution in [-0.4, -0.2) is 11.9 Å². The third-order valence-electron chi connectivity index (χ3n) is 4.16. The van der Waals surface area contributed by atoms with Crippen LogP contribution in [0.15, 0.2) is 77.4 Å². The highest BCUT2D eigenvalue weighted by Crippen LogP contribution is 2.29. The minimum Gasteiger partial charge on any atom is -0.402 e. The van der Waals surface area contributed by atoms with Crippen molar-refractivity contribution in [1.29, 1.82) is 0 Å². The maximum atomic E-state index is 12.6. The summed E-state index contributed by atoms with van der Waals surface area (Å²) in [5.74, 6) is -0.470. The highest BCUT2D eigenvalue weighted by Gasteiger charge is 2.30. The zero-order chi connectivity index (χ0) is 19.0. The van der Waals surface area contributed by atoms with E-state index < -0.39 is 17.7 Å². The summed E-state index contributed by atoms with van der Waals surface area (Å²) in [5.41, 5.74) is 0.369. The summed E-state index contributed by atoms with van der Waals surface area (Å²) < 4.78 is 43.1. The molecule has 3 nitrogen and oxygen atoms in total. The maximum Gasteiger partial charge on any atom is 0.416 e. The standard InChI is InChI=1S/C21H12F3NO2/c22-21(23,24)17-9-5-13(6-10-17)11-18-20(26)27-19(25-18)16-8-7-14-3-1-2-4-15(14)12-16/h1-12H/b18-11-. The molecule has 3 aromatic carbocycles. The van der Waals surface area contributed by atoms with Crippen LogP contribution >= 0.6 is 0 Å². The summed E-state index contributed by atoms with van der Waals surface area (Å²) in [4.78, 5) is 16.3. The van der Waals surface area contributed by atoms with Crippen molar-refractivity contribution in [3.8, 4) is 0 Å². The van der Waals surface area contributed by atoms with Crippen molar-refractivity contribution in [3.63, 3.8) is 0 Å². The number of aliphatic imine (C=N–C) groups is 1. The fourth-order valence-corrected chi connectivity index (χ4v) is 2.78. The lowest BCUT2D eigenvalue weighted by Gasteiger charge is -2.05. The van der Waals surface area contributed by atoms with Gasteiger partial charge in [0.25, 0.3) is 0 Å². The Morgan fingerprint density at radius 2 is 1.59 bits per heavy atom. The SMILES string of the molecule is O=C1OC(c2ccc3ccccc3c2)=N/C1=C\c1ccc(C(F)(F)F)cc1. The number of carbonyl (C=O) groups excluding carboxylic acids is 1. The monoisotopic (exact) mass is 367 g/mol. The molecular formula is C21H12F3NO2. The van der Waals surface area contributed by atoms with Crippen LogP contribution in [0.1, 0.15) is 16.7 Å². The first kappa shape index (κ1) is 17.0. The van der Waals surface area contributed by atoms with Crippen LogP contribution in [0.2, 0.25) is 0 Å². The Hall–Kier alpha value is -3.41. The van der Waals surface area contributed by atoms with E-state index in [1.807, 2.05) is 36.4 Å². The number of hydrogen-bond acceptors (Lipinski definition) is 3. The number of carbonyl (C=O) groups is 1. The molecule has 0 spiro atoms. The number of hydrogen-bond donors (Lipinski definition) is 0. The topological polar surface area (TPSA) is 38.7 Å². The van der Waals surface area contributed by atoms with E-state index in [9.17, 15) is 18.0 Å². The van der Waals surface area contributed by atoms with Gasteiger partial charge in [-0.25, -0.2) is 9.79 Å². The number of benzene rings is 3. The van der Waals surface area contributed by atoms with Crippen molar-refractivity contribution in [2.45, 2.75) is 6.18 Å². The molecule has 1 aliphatic heterocycles. The number of alkyl halides is 3. The van der Waals surface area contributed by atoms with E-state index >= 15 is 0 Å². The van der Waals surface area contributed by atoms with E-state index in [0.29, 0.717) is 11.1 Å². The summed E-state index contributed by atoms with van der Waals surface area (Å²) in [6.07, 6.45) is -3.00. The smallest absolute Gasteiger partial charge is 0.402 e. The number of esters is 1. The van der Waals surface area contributed by atoms with Crippen LogP contribution in [0.5, 0.6) is 0 Å². The van der Waals surface area contributed by atoms with Gasteiger partial charge in [0.2, 0.25) is 5.90 Å². The fraction of sp³-hybridized carbons (Fsp3) is 0.0476. The highest BCUT2D eigenvalue weighted by molar-refractivity contribution is 6.13. The predicted octanol–water partition coefficient (Wildman–Crippen LogP) is 5.20. The molecule has 0 saturated heterocycles. The molecule has 27 heavy (non-hydrogen) atoms. The molecule has 0 bridgehead atoms. The maximum absolute atomic E-state index is 12.6. The van der Waals surface area contributed by atoms with E-state index in [4.69, 9.17) is 4.74 Å². The molecule has 1 heterocycles. The Morgan fingerprint density at radius 3 is 2.30 bits per heavy atom. The average Bonchev–Trinajstić information content (AvgIpc) is 3.01. The zero-order valence-corrected chi connectivity index (χ0v) is 13.8. The first-order valence-corrected chi connectivity index (χ1v) is 8.09. The van der Waals surface area contributed by atoms with E-state index in [0.717, 1.165) is 22.9 Å². The lowest BCUT2D eigenvalue weighted by molar-refractivity contribution is -0.137. The molecule has 0 saturated carbocycles. The van der Waals surface area contributed by atoms with Gasteiger partial charge in [-0.1, -0.05) is 42.5 Å². The molecule has 0 aliphatic carbocycles. The Bertz CT molecular complexity index is 1100. The van der Waals surface area contributed by atoms with Crippen LogP contribution in [0.4, 0.5) is 13.2 Å². The van der Waals surface area contributed by atoms with E-state index in [1.54, 1.807) is 6.07 Å². The minimum atomic E-state index is -4.40. The molecule has 0 aromatic heterocycles. The van der Waals surface area contributed by atoms with E-state index in [1.165, 1.54) is 18.2 Å². The van der Waals surface area contributed by atoms with Crippen LogP contribution in [-0.2, 0) is 15.7 Å². The van der Waals surface area contributed by atoms with E-state index in [-0.39, 0.29) is 11.6 Å². The van der Waals surface area contributed by atoms with Crippen LogP contribution in [0, 0.1) is 0 Å². The van der Waals surface area contributed by atoms with Crippen LogP contribution in [0.25, 0.3) is 16.8 Å². The quantitative estimate of drug-likeness (QED) is 0.461. The molecule has 3 aromatic rings. The van der Waals surface area contributed by atoms with Gasteiger partial charge < -0.3 is 4.74 Å². The number of ether oxygens (including phenoxy) is 1. The molecule has 0 unspecified atom stereocenters. The largest absolute Gasteiger partial charge is 0.416 e. The van der Waals surface area contributed by atoms with Crippen molar-refractivity contribution in [2.75, 3.05) is 0 Å². The summed E-state index contributed by atoms with van der Waals surface area (Å²) in [6.45, 7) is 0. The Labute approximate surface area is 152 Å². The second kappa shape index (κ2) is 6.39. The average molecular weight is 367 g/mol. The molecule has 0 fully saturated rings. The number of nitrogens with zero attached hydrogens (tertiary/aromatic N) is 1. The summed E-state index contributed by atoms with van der Waals surface area (Å²) in [5, 5.41) is 2.03. The number of cyclic esters (lactones) is 1. The Balaban J connectivity index is 1.64. The van der Waals surface area contributed by atoms with Gasteiger partial charge in [-0.2, -0.15) is 13.2 Å². The summed E-state index contributed by atoms with van der Waals surface area (Å²) in [7, 11) is 0. The van der Waals surface area contributed by atoms with Crippen LogP contribution in [0.3, 0.4) is 0 Å². The van der Waals surface area contributed by atoms with Crippen molar-refractivity contribution in [1.82, 2.24) is 0 Å². The van der Waals surface area contributed by atoms with Gasteiger partial charge in [-0.3, -0.25) is 0 Å². The number of rotatable bonds is 2. The summed E-state index contributed by atoms with van der Waals surface area (Å²) >= 11 is 0. The minimum absolute atomic E-state index is 0.0397. The molecule has 1 aliphatic rings. The van der Waals surface area contributed by atoms with Gasteiger partial charge in [0.15, 0.2) is 5.70 Å². The second-order valence-electron chi connectivity index (χ2n) is 6.02. The third-order valence-corrected chi connectivity index (χ3v) is 4.16. The molecule has 6 heteroatoms. The van der Waals surface area contributed by atoms with Gasteiger partial charge >= 0.3 is 12.1 Å². The number of fused-ring (bicyclic) bond motifs is 1. The van der Waals surface area contributed by atoms with Gasteiger partial charge in [0.05, 0.1) is 5.56 Å². The highest BCUT2D eigenvalue weighted by atomic mass is 19.4. The van der Waals surface area contributed by atoms with Crippen molar-refractivity contribution < 1.29 is 22.7 Å². The lowest BCUT2D eigenvalue weighted by Crippen LogP contribution is -2.05. The first-order valence-electron chi connectivity index (χ1n) is 8.09. The molecule has 134 valence electrons. The predicted molar refractivity (Wildman–Crippen MR) is 96.0 cm³/mol. The van der Waals surface area contributed by atoms with Gasteiger partial charge in [-0.15, -0.1) is 0 Å².